The Balaban J connectivity index is 1.48. The molecule has 1 unspecified atom stereocenters. The Kier molecular flexibility index (Phi) is 10.8. The highest BCUT2D eigenvalue weighted by Gasteiger charge is 2.27. The Morgan fingerprint density at radius 2 is 1.52 bits per heavy atom. The zero-order valence-corrected chi connectivity index (χ0v) is 23.8. The normalized spacial score (nSPS) is 11.6. The summed E-state index contributed by atoms with van der Waals surface area (Å²) in [7, 11) is 1.60. The molecular formula is C30H35ClN4O5. The molecule has 0 fully saturated rings. The van der Waals surface area contributed by atoms with E-state index in [0.717, 1.165) is 17.0 Å². The number of alkyl carbamates (subject to hydrolysis) is 1. The van der Waals surface area contributed by atoms with Crippen LogP contribution in [0.4, 0.5) is 16.2 Å². The van der Waals surface area contributed by atoms with Crippen molar-refractivity contribution in [2.24, 2.45) is 0 Å². The van der Waals surface area contributed by atoms with Crippen LogP contribution in [0.2, 0.25) is 5.02 Å². The monoisotopic (exact) mass is 566 g/mol. The molecule has 3 amide bonds. The standard InChI is InChI=1S/C30H35ClN4O5/c1-30(2,3)40-29(38)35-27(24-7-5-6-8-25(24)31)28(37)33-18-17-32-21-11-13-22(14-12-21)34-26(36)19-20-9-15-23(39-4)16-10-20/h5-16,27,32H,17-19H2,1-4H3,(H,33,37)(H,34,36)(H,35,38). The van der Waals surface area contributed by atoms with Crippen molar-refractivity contribution < 1.29 is 23.9 Å². The van der Waals surface area contributed by atoms with Crippen LogP contribution in [0.1, 0.15) is 37.9 Å². The molecule has 0 aliphatic carbocycles. The number of methoxy groups -OCH3 is 1. The summed E-state index contributed by atoms with van der Waals surface area (Å²) in [6.07, 6.45) is -0.469. The molecule has 0 radical (unpaired) electrons. The molecule has 0 bridgehead atoms. The molecule has 9 nitrogen and oxygen atoms in total. The minimum absolute atomic E-state index is 0.123. The van der Waals surface area contributed by atoms with Crippen LogP contribution < -0.4 is 26.0 Å². The molecule has 1 atom stereocenters. The van der Waals surface area contributed by atoms with E-state index >= 15 is 0 Å². The fraction of sp³-hybridized carbons (Fsp3) is 0.300. The lowest BCUT2D eigenvalue weighted by Gasteiger charge is -2.24. The highest BCUT2D eigenvalue weighted by Crippen LogP contribution is 2.23. The molecule has 0 aliphatic heterocycles. The van der Waals surface area contributed by atoms with Crippen LogP contribution in [0.25, 0.3) is 0 Å². The molecule has 0 aliphatic rings. The number of hydrogen-bond donors (Lipinski definition) is 4. The third-order valence-electron chi connectivity index (χ3n) is 5.59. The summed E-state index contributed by atoms with van der Waals surface area (Å²) in [5.41, 5.74) is 2.12. The predicted molar refractivity (Wildman–Crippen MR) is 157 cm³/mol. The van der Waals surface area contributed by atoms with Gasteiger partial charge in [-0.05, 0) is 68.8 Å². The molecule has 0 heterocycles. The average Bonchev–Trinajstić information content (AvgIpc) is 2.90. The predicted octanol–water partition coefficient (Wildman–Crippen LogP) is 5.32. The van der Waals surface area contributed by atoms with Crippen molar-refractivity contribution in [3.63, 3.8) is 0 Å². The van der Waals surface area contributed by atoms with Crippen molar-refractivity contribution in [1.29, 1.82) is 0 Å². The maximum Gasteiger partial charge on any atom is 0.408 e. The first kappa shape index (κ1) is 30.3. The fourth-order valence-corrected chi connectivity index (χ4v) is 3.96. The minimum Gasteiger partial charge on any atom is -0.497 e. The van der Waals surface area contributed by atoms with Gasteiger partial charge in [-0.3, -0.25) is 9.59 Å². The van der Waals surface area contributed by atoms with E-state index in [0.29, 0.717) is 22.8 Å². The number of carbonyl (C=O) groups is 3. The van der Waals surface area contributed by atoms with Crippen molar-refractivity contribution in [2.45, 2.75) is 38.8 Å². The number of carbonyl (C=O) groups excluding carboxylic acids is 3. The van der Waals surface area contributed by atoms with Crippen molar-refractivity contribution in [3.05, 3.63) is 88.9 Å². The second-order valence-electron chi connectivity index (χ2n) is 9.97. The number of amides is 3. The lowest BCUT2D eigenvalue weighted by molar-refractivity contribution is -0.123. The van der Waals surface area contributed by atoms with Gasteiger partial charge >= 0.3 is 6.09 Å². The van der Waals surface area contributed by atoms with Crippen LogP contribution in [0, 0.1) is 0 Å². The summed E-state index contributed by atoms with van der Waals surface area (Å²) < 4.78 is 10.5. The molecule has 0 saturated carbocycles. The van der Waals surface area contributed by atoms with E-state index in [1.165, 1.54) is 0 Å². The summed E-state index contributed by atoms with van der Waals surface area (Å²) in [5.74, 6) is 0.196. The second-order valence-corrected chi connectivity index (χ2v) is 10.4. The maximum absolute atomic E-state index is 13.0. The summed E-state index contributed by atoms with van der Waals surface area (Å²) >= 11 is 6.30. The van der Waals surface area contributed by atoms with Gasteiger partial charge in [0.05, 0.1) is 13.5 Å². The number of anilines is 2. The summed E-state index contributed by atoms with van der Waals surface area (Å²) in [6, 6.07) is 20.4. The van der Waals surface area contributed by atoms with Crippen LogP contribution in [-0.4, -0.2) is 43.7 Å². The number of ether oxygens (including phenoxy) is 2. The average molecular weight is 567 g/mol. The number of halogens is 1. The Morgan fingerprint density at radius 1 is 0.875 bits per heavy atom. The molecule has 40 heavy (non-hydrogen) atoms. The Bertz CT molecular complexity index is 1290. The van der Waals surface area contributed by atoms with Crippen LogP contribution >= 0.6 is 11.6 Å². The first-order chi connectivity index (χ1) is 19.0. The fourth-order valence-electron chi connectivity index (χ4n) is 3.72. The van der Waals surface area contributed by atoms with Crippen LogP contribution in [0.3, 0.4) is 0 Å². The summed E-state index contributed by atoms with van der Waals surface area (Å²) in [6.45, 7) is 5.94. The van der Waals surface area contributed by atoms with E-state index in [1.807, 2.05) is 36.4 Å². The lowest BCUT2D eigenvalue weighted by Crippen LogP contribution is -2.43. The third-order valence-corrected chi connectivity index (χ3v) is 5.93. The van der Waals surface area contributed by atoms with Gasteiger partial charge in [-0.2, -0.15) is 0 Å². The summed E-state index contributed by atoms with van der Waals surface area (Å²) in [4.78, 5) is 37.8. The van der Waals surface area contributed by atoms with Gasteiger partial charge < -0.3 is 30.7 Å². The number of benzene rings is 3. The van der Waals surface area contributed by atoms with Gasteiger partial charge in [-0.15, -0.1) is 0 Å². The van der Waals surface area contributed by atoms with E-state index in [2.05, 4.69) is 21.3 Å². The Hall–Kier alpha value is -4.24. The third kappa shape index (κ3) is 9.81. The molecule has 3 aromatic carbocycles. The quantitative estimate of drug-likeness (QED) is 0.233. The zero-order chi connectivity index (χ0) is 29.1. The first-order valence-corrected chi connectivity index (χ1v) is 13.2. The smallest absolute Gasteiger partial charge is 0.408 e. The molecule has 0 spiro atoms. The Morgan fingerprint density at radius 3 is 2.15 bits per heavy atom. The molecule has 4 N–H and O–H groups in total. The summed E-state index contributed by atoms with van der Waals surface area (Å²) in [5, 5.41) is 11.9. The van der Waals surface area contributed by atoms with Gasteiger partial charge in [0.25, 0.3) is 0 Å². The zero-order valence-electron chi connectivity index (χ0n) is 23.0. The van der Waals surface area contributed by atoms with Gasteiger partial charge in [0, 0.05) is 35.1 Å². The van der Waals surface area contributed by atoms with E-state index in [4.69, 9.17) is 21.1 Å². The molecule has 0 saturated heterocycles. The van der Waals surface area contributed by atoms with Gasteiger partial charge in [0.1, 0.15) is 17.4 Å². The molecule has 212 valence electrons. The second kappa shape index (κ2) is 14.2. The number of rotatable bonds is 11. The van der Waals surface area contributed by atoms with Gasteiger partial charge in [-0.1, -0.05) is 41.9 Å². The largest absolute Gasteiger partial charge is 0.497 e. The maximum atomic E-state index is 13.0. The van der Waals surface area contributed by atoms with Crippen molar-refractivity contribution in [1.82, 2.24) is 10.6 Å². The van der Waals surface area contributed by atoms with Crippen LogP contribution in [-0.2, 0) is 20.7 Å². The van der Waals surface area contributed by atoms with E-state index in [-0.39, 0.29) is 18.9 Å². The van der Waals surface area contributed by atoms with Gasteiger partial charge in [-0.25, -0.2) is 4.79 Å². The van der Waals surface area contributed by atoms with E-state index in [9.17, 15) is 14.4 Å². The molecule has 3 rings (SSSR count). The van der Waals surface area contributed by atoms with Gasteiger partial charge in [0.2, 0.25) is 11.8 Å². The number of nitrogens with one attached hydrogen (secondary N) is 4. The van der Waals surface area contributed by atoms with Crippen LogP contribution in [0.15, 0.2) is 72.8 Å². The van der Waals surface area contributed by atoms with Crippen LogP contribution in [0.5, 0.6) is 5.75 Å². The van der Waals surface area contributed by atoms with Crippen molar-refractivity contribution in [2.75, 3.05) is 30.8 Å². The minimum atomic E-state index is -1.02. The highest BCUT2D eigenvalue weighted by molar-refractivity contribution is 6.31. The lowest BCUT2D eigenvalue weighted by atomic mass is 10.1. The SMILES string of the molecule is COc1ccc(CC(=O)Nc2ccc(NCCNC(=O)C(NC(=O)OC(C)(C)C)c3ccccc3Cl)cc2)cc1. The molecule has 10 heteroatoms. The number of hydrogen-bond acceptors (Lipinski definition) is 6. The van der Waals surface area contributed by atoms with E-state index in [1.54, 1.807) is 64.3 Å². The molecular weight excluding hydrogens is 532 g/mol. The molecule has 0 aromatic heterocycles. The first-order valence-electron chi connectivity index (χ1n) is 12.8. The van der Waals surface area contributed by atoms with Gasteiger partial charge in [0.15, 0.2) is 0 Å². The van der Waals surface area contributed by atoms with E-state index < -0.39 is 23.6 Å². The topological polar surface area (TPSA) is 118 Å². The van der Waals surface area contributed by atoms with Crippen molar-refractivity contribution in [3.8, 4) is 5.75 Å². The molecule has 3 aromatic rings. The van der Waals surface area contributed by atoms with Crippen molar-refractivity contribution >= 4 is 40.9 Å². The Labute approximate surface area is 239 Å². The highest BCUT2D eigenvalue weighted by atomic mass is 35.5.